The van der Waals surface area contributed by atoms with E-state index in [1.54, 1.807) is 7.11 Å². The highest BCUT2D eigenvalue weighted by Gasteiger charge is 2.31. The van der Waals surface area contributed by atoms with Gasteiger partial charge < -0.3 is 9.47 Å². The number of alkyl halides is 1. The molecule has 1 unspecified atom stereocenters. The van der Waals surface area contributed by atoms with E-state index in [4.69, 9.17) is 9.47 Å². The molecule has 1 atom stereocenters. The Labute approximate surface area is 76.4 Å². The van der Waals surface area contributed by atoms with Gasteiger partial charge in [0.2, 0.25) is 0 Å². The van der Waals surface area contributed by atoms with Crippen LogP contribution in [0.1, 0.15) is 12.8 Å². The lowest BCUT2D eigenvalue weighted by molar-refractivity contribution is -0.0346. The van der Waals surface area contributed by atoms with Gasteiger partial charge in [0.25, 0.3) is 0 Å². The summed E-state index contributed by atoms with van der Waals surface area (Å²) in [6.07, 6.45) is 2.38. The van der Waals surface area contributed by atoms with Crippen LogP contribution in [0.4, 0.5) is 0 Å². The van der Waals surface area contributed by atoms with Gasteiger partial charge in [-0.15, -0.1) is 0 Å². The van der Waals surface area contributed by atoms with E-state index >= 15 is 0 Å². The van der Waals surface area contributed by atoms with Gasteiger partial charge in [0.15, 0.2) is 0 Å². The van der Waals surface area contributed by atoms with Crippen LogP contribution in [0.2, 0.25) is 0 Å². The molecule has 0 N–H and O–H groups in total. The Morgan fingerprint density at radius 3 is 2.91 bits per heavy atom. The largest absolute Gasteiger partial charge is 0.384 e. The lowest BCUT2D eigenvalue weighted by atomic mass is 9.86. The van der Waals surface area contributed by atoms with E-state index in [1.165, 1.54) is 6.42 Å². The normalized spacial score (nSPS) is 32.2. The van der Waals surface area contributed by atoms with Crippen LogP contribution in [0.5, 0.6) is 0 Å². The highest BCUT2D eigenvalue weighted by atomic mass is 79.9. The molecule has 0 amide bonds. The third-order valence-electron chi connectivity index (χ3n) is 2.14. The molecular weight excluding hydrogens is 208 g/mol. The fraction of sp³-hybridized carbons (Fsp3) is 1.00. The Kier molecular flexibility index (Phi) is 3.82. The molecule has 1 saturated heterocycles. The number of hydrogen-bond donors (Lipinski definition) is 0. The summed E-state index contributed by atoms with van der Waals surface area (Å²) in [6.45, 7) is 2.56. The number of ether oxygens (including phenoxy) is 2. The molecule has 1 aliphatic heterocycles. The van der Waals surface area contributed by atoms with Crippen molar-refractivity contribution in [2.45, 2.75) is 12.8 Å². The van der Waals surface area contributed by atoms with E-state index in [0.717, 1.165) is 31.6 Å². The van der Waals surface area contributed by atoms with Gasteiger partial charge in [0, 0.05) is 24.5 Å². The third-order valence-corrected chi connectivity index (χ3v) is 3.33. The monoisotopic (exact) mass is 222 g/mol. The van der Waals surface area contributed by atoms with Crippen LogP contribution in [0, 0.1) is 5.41 Å². The van der Waals surface area contributed by atoms with Crippen molar-refractivity contribution in [3.8, 4) is 0 Å². The second-order valence-corrected chi connectivity index (χ2v) is 3.78. The topological polar surface area (TPSA) is 18.5 Å². The summed E-state index contributed by atoms with van der Waals surface area (Å²) in [4.78, 5) is 0. The first-order valence-corrected chi connectivity index (χ1v) is 5.08. The van der Waals surface area contributed by atoms with Crippen molar-refractivity contribution in [2.75, 3.05) is 32.3 Å². The molecule has 0 aromatic heterocycles. The van der Waals surface area contributed by atoms with Crippen LogP contribution >= 0.6 is 15.9 Å². The van der Waals surface area contributed by atoms with Gasteiger partial charge in [-0.1, -0.05) is 15.9 Å². The zero-order valence-electron chi connectivity index (χ0n) is 6.94. The van der Waals surface area contributed by atoms with Gasteiger partial charge in [-0.2, -0.15) is 0 Å². The molecule has 3 heteroatoms. The van der Waals surface area contributed by atoms with Crippen LogP contribution < -0.4 is 0 Å². The van der Waals surface area contributed by atoms with Crippen molar-refractivity contribution in [3.63, 3.8) is 0 Å². The van der Waals surface area contributed by atoms with Crippen molar-refractivity contribution < 1.29 is 9.47 Å². The lowest BCUT2D eigenvalue weighted by Gasteiger charge is -2.34. The average molecular weight is 223 g/mol. The maximum Gasteiger partial charge on any atom is 0.0552 e. The fourth-order valence-corrected chi connectivity index (χ4v) is 2.08. The van der Waals surface area contributed by atoms with E-state index in [2.05, 4.69) is 15.9 Å². The number of rotatable bonds is 3. The van der Waals surface area contributed by atoms with Crippen molar-refractivity contribution in [3.05, 3.63) is 0 Å². The Hall–Kier alpha value is 0.400. The van der Waals surface area contributed by atoms with Gasteiger partial charge in [0.05, 0.1) is 13.2 Å². The molecule has 1 fully saturated rings. The summed E-state index contributed by atoms with van der Waals surface area (Å²) in [6, 6.07) is 0. The molecule has 0 saturated carbocycles. The second kappa shape index (κ2) is 4.43. The van der Waals surface area contributed by atoms with E-state index < -0.39 is 0 Å². The molecule has 0 spiro atoms. The van der Waals surface area contributed by atoms with E-state index in [-0.39, 0.29) is 5.41 Å². The predicted molar refractivity (Wildman–Crippen MR) is 48.2 cm³/mol. The molecule has 1 rings (SSSR count). The molecule has 0 aromatic carbocycles. The Morgan fingerprint density at radius 2 is 2.45 bits per heavy atom. The third kappa shape index (κ3) is 2.42. The molecule has 1 aliphatic rings. The summed E-state index contributed by atoms with van der Waals surface area (Å²) in [5, 5.41) is 0.980. The molecule has 1 heterocycles. The average Bonchev–Trinajstić information content (AvgIpc) is 2.07. The summed E-state index contributed by atoms with van der Waals surface area (Å²) < 4.78 is 10.6. The van der Waals surface area contributed by atoms with Crippen molar-refractivity contribution in [1.29, 1.82) is 0 Å². The predicted octanol–water partition coefficient (Wildman–Crippen LogP) is 1.82. The molecule has 0 bridgehead atoms. The smallest absolute Gasteiger partial charge is 0.0552 e. The zero-order valence-corrected chi connectivity index (χ0v) is 8.52. The minimum atomic E-state index is 0.243. The molecular formula is C8H15BrO2. The Bertz CT molecular complexity index is 105. The number of methoxy groups -OCH3 is 1. The molecule has 11 heavy (non-hydrogen) atoms. The second-order valence-electron chi connectivity index (χ2n) is 3.22. The SMILES string of the molecule is COCC1(CBr)CCCOC1. The van der Waals surface area contributed by atoms with Gasteiger partial charge >= 0.3 is 0 Å². The summed E-state index contributed by atoms with van der Waals surface area (Å²) in [5.41, 5.74) is 0.243. The van der Waals surface area contributed by atoms with Crippen molar-refractivity contribution >= 4 is 15.9 Å². The number of halogens is 1. The first-order valence-electron chi connectivity index (χ1n) is 3.96. The maximum absolute atomic E-state index is 5.42. The summed E-state index contributed by atoms with van der Waals surface area (Å²) in [5.74, 6) is 0. The molecule has 2 nitrogen and oxygen atoms in total. The van der Waals surface area contributed by atoms with Crippen LogP contribution in [0.3, 0.4) is 0 Å². The first kappa shape index (κ1) is 9.49. The minimum absolute atomic E-state index is 0.243. The fourth-order valence-electron chi connectivity index (χ4n) is 1.47. The highest BCUT2D eigenvalue weighted by Crippen LogP contribution is 2.30. The quantitative estimate of drug-likeness (QED) is 0.679. The molecule has 0 aliphatic carbocycles. The van der Waals surface area contributed by atoms with Gasteiger partial charge in [0.1, 0.15) is 0 Å². The Morgan fingerprint density at radius 1 is 1.64 bits per heavy atom. The van der Waals surface area contributed by atoms with Gasteiger partial charge in [-0.05, 0) is 12.8 Å². The van der Waals surface area contributed by atoms with Crippen LogP contribution in [0.25, 0.3) is 0 Å². The molecule has 66 valence electrons. The summed E-state index contributed by atoms with van der Waals surface area (Å²) >= 11 is 3.51. The van der Waals surface area contributed by atoms with Crippen LogP contribution in [-0.2, 0) is 9.47 Å². The first-order chi connectivity index (χ1) is 5.33. The van der Waals surface area contributed by atoms with Crippen LogP contribution in [-0.4, -0.2) is 32.3 Å². The van der Waals surface area contributed by atoms with Crippen LogP contribution in [0.15, 0.2) is 0 Å². The van der Waals surface area contributed by atoms with E-state index in [1.807, 2.05) is 0 Å². The highest BCUT2D eigenvalue weighted by molar-refractivity contribution is 9.09. The lowest BCUT2D eigenvalue weighted by Crippen LogP contribution is -2.37. The standard InChI is InChI=1S/C8H15BrO2/c1-10-6-8(5-9)3-2-4-11-7-8/h2-7H2,1H3. The maximum atomic E-state index is 5.42. The number of hydrogen-bond acceptors (Lipinski definition) is 2. The van der Waals surface area contributed by atoms with E-state index in [0.29, 0.717) is 0 Å². The summed E-state index contributed by atoms with van der Waals surface area (Å²) in [7, 11) is 1.75. The Balaban J connectivity index is 2.42. The molecule has 0 aromatic rings. The van der Waals surface area contributed by atoms with E-state index in [9.17, 15) is 0 Å². The van der Waals surface area contributed by atoms with Gasteiger partial charge in [-0.3, -0.25) is 0 Å². The molecule has 0 radical (unpaired) electrons. The minimum Gasteiger partial charge on any atom is -0.384 e. The van der Waals surface area contributed by atoms with Crippen molar-refractivity contribution in [2.24, 2.45) is 5.41 Å². The van der Waals surface area contributed by atoms with Gasteiger partial charge in [-0.25, -0.2) is 0 Å². The van der Waals surface area contributed by atoms with Crippen molar-refractivity contribution in [1.82, 2.24) is 0 Å². The zero-order chi connectivity index (χ0) is 8.16.